The summed E-state index contributed by atoms with van der Waals surface area (Å²) in [5, 5.41) is 0. The average molecular weight is 477 g/mol. The van der Waals surface area contributed by atoms with Gasteiger partial charge in [-0.3, -0.25) is 0 Å². The van der Waals surface area contributed by atoms with Gasteiger partial charge in [-0.1, -0.05) is 88.3 Å². The van der Waals surface area contributed by atoms with Crippen LogP contribution in [0.25, 0.3) is 11.1 Å². The smallest absolute Gasteiger partial charge is 0.190 e. The maximum atomic E-state index is 14.6. The topological polar surface area (TPSA) is 9.23 Å². The molecular weight excluding hydrogens is 437 g/mol. The number of hydrogen-bond donors (Lipinski definition) is 0. The van der Waals surface area contributed by atoms with Crippen molar-refractivity contribution in [2.45, 2.75) is 95.4 Å². The predicted molar refractivity (Wildman–Crippen MR) is 135 cm³/mol. The molecule has 1 heterocycles. The summed E-state index contributed by atoms with van der Waals surface area (Å²) >= 11 is 0. The first-order valence-electron chi connectivity index (χ1n) is 12.9. The highest BCUT2D eigenvalue weighted by Gasteiger charge is 2.23. The fourth-order valence-electron chi connectivity index (χ4n) is 5.05. The van der Waals surface area contributed by atoms with Gasteiger partial charge in [0.1, 0.15) is 12.8 Å². The summed E-state index contributed by atoms with van der Waals surface area (Å²) in [7, 11) is -0.504. The Kier molecular flexibility index (Phi) is 10.4. The van der Waals surface area contributed by atoms with Crippen molar-refractivity contribution in [2.75, 3.05) is 6.61 Å². The van der Waals surface area contributed by atoms with Gasteiger partial charge in [0.15, 0.2) is 17.4 Å². The van der Waals surface area contributed by atoms with Gasteiger partial charge < -0.3 is 4.74 Å². The van der Waals surface area contributed by atoms with Crippen molar-refractivity contribution >= 4 is 8.80 Å². The second kappa shape index (κ2) is 13.2. The van der Waals surface area contributed by atoms with E-state index in [9.17, 15) is 13.2 Å². The lowest BCUT2D eigenvalue weighted by molar-refractivity contribution is 0.173. The van der Waals surface area contributed by atoms with E-state index in [1.807, 2.05) is 12.1 Å². The van der Waals surface area contributed by atoms with Gasteiger partial charge in [-0.2, -0.15) is 0 Å². The number of benzene rings is 2. The SMILES string of the molecule is CCCCCC[C@@H](F)COc1c(F)cc(-c2ccc(C3CC[SiH](CCC)CC3)cc2)cc1F. The van der Waals surface area contributed by atoms with Crippen LogP contribution >= 0.6 is 0 Å². The molecule has 1 atom stereocenters. The summed E-state index contributed by atoms with van der Waals surface area (Å²) in [6.07, 6.45) is 6.90. The van der Waals surface area contributed by atoms with Crippen LogP contribution in [0.5, 0.6) is 5.75 Å². The van der Waals surface area contributed by atoms with Gasteiger partial charge >= 0.3 is 0 Å². The van der Waals surface area contributed by atoms with Crippen molar-refractivity contribution in [3.05, 3.63) is 53.6 Å². The zero-order chi connectivity index (χ0) is 23.6. The molecule has 2 aromatic carbocycles. The molecular formula is C28H39F3OSi. The van der Waals surface area contributed by atoms with E-state index in [-0.39, 0.29) is 6.61 Å². The van der Waals surface area contributed by atoms with E-state index in [1.165, 1.54) is 55.1 Å². The van der Waals surface area contributed by atoms with E-state index in [0.29, 0.717) is 17.9 Å². The molecule has 1 aliphatic rings. The van der Waals surface area contributed by atoms with Gasteiger partial charge in [0, 0.05) is 8.80 Å². The molecule has 2 aromatic rings. The van der Waals surface area contributed by atoms with Crippen LogP contribution in [0, 0.1) is 11.6 Å². The highest BCUT2D eigenvalue weighted by atomic mass is 28.3. The number of unbranched alkanes of at least 4 members (excludes halogenated alkanes) is 3. The molecule has 0 N–H and O–H groups in total. The lowest BCUT2D eigenvalue weighted by Gasteiger charge is -2.27. The average Bonchev–Trinajstić information content (AvgIpc) is 2.82. The van der Waals surface area contributed by atoms with Gasteiger partial charge in [-0.25, -0.2) is 13.2 Å². The summed E-state index contributed by atoms with van der Waals surface area (Å²) in [4.78, 5) is 0. The summed E-state index contributed by atoms with van der Waals surface area (Å²) in [5.41, 5.74) is 2.58. The van der Waals surface area contributed by atoms with E-state index in [0.717, 1.165) is 31.2 Å². The minimum absolute atomic E-state index is 0.322. The minimum atomic E-state index is -1.22. The first-order valence-corrected chi connectivity index (χ1v) is 15.3. The molecule has 0 spiro atoms. The molecule has 33 heavy (non-hydrogen) atoms. The number of rotatable bonds is 12. The molecule has 0 amide bonds. The highest BCUT2D eigenvalue weighted by molar-refractivity contribution is 6.59. The summed E-state index contributed by atoms with van der Waals surface area (Å²) in [6.45, 7) is 4.06. The van der Waals surface area contributed by atoms with Crippen LogP contribution in [0.15, 0.2) is 36.4 Å². The van der Waals surface area contributed by atoms with E-state index < -0.39 is 32.4 Å². The van der Waals surface area contributed by atoms with E-state index in [2.05, 4.69) is 26.0 Å². The highest BCUT2D eigenvalue weighted by Crippen LogP contribution is 2.36. The van der Waals surface area contributed by atoms with E-state index in [4.69, 9.17) is 4.74 Å². The molecule has 182 valence electrons. The Balaban J connectivity index is 1.58. The lowest BCUT2D eigenvalue weighted by Crippen LogP contribution is -2.19. The van der Waals surface area contributed by atoms with Crippen LogP contribution in [-0.4, -0.2) is 21.6 Å². The Bertz CT molecular complexity index is 824. The number of alkyl halides is 1. The Hall–Kier alpha value is -1.75. The van der Waals surface area contributed by atoms with Gasteiger partial charge in [0.05, 0.1) is 0 Å². The van der Waals surface area contributed by atoms with E-state index in [1.54, 1.807) is 0 Å². The second-order valence-corrected chi connectivity index (χ2v) is 13.1. The monoisotopic (exact) mass is 476 g/mol. The molecule has 1 aliphatic heterocycles. The Morgan fingerprint density at radius 2 is 1.58 bits per heavy atom. The van der Waals surface area contributed by atoms with Gasteiger partial charge in [-0.05, 0) is 54.0 Å². The molecule has 1 nitrogen and oxygen atoms in total. The number of halogens is 3. The maximum Gasteiger partial charge on any atom is 0.190 e. The summed E-state index contributed by atoms with van der Waals surface area (Å²) in [5.74, 6) is -1.45. The molecule has 0 bridgehead atoms. The zero-order valence-corrected chi connectivity index (χ0v) is 21.4. The van der Waals surface area contributed by atoms with Crippen LogP contribution in [0.3, 0.4) is 0 Å². The van der Waals surface area contributed by atoms with Crippen molar-refractivity contribution < 1.29 is 17.9 Å². The summed E-state index contributed by atoms with van der Waals surface area (Å²) in [6, 6.07) is 15.0. The third-order valence-corrected chi connectivity index (χ3v) is 10.7. The Morgan fingerprint density at radius 3 is 2.18 bits per heavy atom. The molecule has 0 unspecified atom stereocenters. The minimum Gasteiger partial charge on any atom is -0.485 e. The van der Waals surface area contributed by atoms with E-state index >= 15 is 0 Å². The molecule has 0 saturated carbocycles. The normalized spacial score (nSPS) is 19.4. The largest absolute Gasteiger partial charge is 0.485 e. The first kappa shape index (κ1) is 25.9. The fourth-order valence-corrected chi connectivity index (χ4v) is 8.48. The number of hydrogen-bond acceptors (Lipinski definition) is 1. The fraction of sp³-hybridized carbons (Fsp3) is 0.571. The van der Waals surface area contributed by atoms with Crippen molar-refractivity contribution in [3.63, 3.8) is 0 Å². The van der Waals surface area contributed by atoms with Gasteiger partial charge in [0.25, 0.3) is 0 Å². The molecule has 1 saturated heterocycles. The molecule has 3 rings (SSSR count). The second-order valence-electron chi connectivity index (χ2n) is 9.65. The van der Waals surface area contributed by atoms with Crippen molar-refractivity contribution in [3.8, 4) is 16.9 Å². The lowest BCUT2D eigenvalue weighted by atomic mass is 9.92. The standard InChI is InChI=1S/C28H39F3OSi/c1-3-5-6-7-8-25(29)20-32-28-26(30)18-24(19-27(28)31)22-11-9-21(10-12-22)23-13-16-33(15-4-2)17-14-23/h9-12,18-19,23,25,33H,3-8,13-17,20H2,1-2H3/t23?,25-,33?/m1/s1. The third kappa shape index (κ3) is 7.63. The predicted octanol–water partition coefficient (Wildman–Crippen LogP) is 8.83. The van der Waals surface area contributed by atoms with Crippen molar-refractivity contribution in [2.24, 2.45) is 0 Å². The van der Waals surface area contributed by atoms with Crippen LogP contribution < -0.4 is 4.74 Å². The number of ether oxygens (including phenoxy) is 1. The van der Waals surface area contributed by atoms with Gasteiger partial charge in [0.2, 0.25) is 0 Å². The molecule has 0 aliphatic carbocycles. The first-order chi connectivity index (χ1) is 16.0. The van der Waals surface area contributed by atoms with Crippen LogP contribution in [0.4, 0.5) is 13.2 Å². The van der Waals surface area contributed by atoms with Crippen LogP contribution in [0.1, 0.15) is 76.7 Å². The molecule has 0 radical (unpaired) electrons. The molecule has 5 heteroatoms. The van der Waals surface area contributed by atoms with Crippen molar-refractivity contribution in [1.82, 2.24) is 0 Å². The quantitative estimate of drug-likeness (QED) is 0.220. The Morgan fingerprint density at radius 1 is 0.909 bits per heavy atom. The summed E-state index contributed by atoms with van der Waals surface area (Å²) < 4.78 is 48.4. The van der Waals surface area contributed by atoms with Gasteiger partial charge in [-0.15, -0.1) is 0 Å². The Labute approximate surface area is 199 Å². The van der Waals surface area contributed by atoms with Crippen LogP contribution in [0.2, 0.25) is 18.1 Å². The van der Waals surface area contributed by atoms with Crippen molar-refractivity contribution in [1.29, 1.82) is 0 Å². The third-order valence-electron chi connectivity index (χ3n) is 7.04. The van der Waals surface area contributed by atoms with Crippen LogP contribution in [-0.2, 0) is 0 Å². The zero-order valence-electron chi connectivity index (χ0n) is 20.2. The maximum absolute atomic E-state index is 14.6. The molecule has 1 fully saturated rings. The molecule has 0 aromatic heterocycles.